The van der Waals surface area contributed by atoms with Crippen molar-refractivity contribution in [2.45, 2.75) is 33.4 Å². The van der Waals surface area contributed by atoms with Gasteiger partial charge >= 0.3 is 6.18 Å². The van der Waals surface area contributed by atoms with Crippen molar-refractivity contribution in [3.63, 3.8) is 0 Å². The van der Waals surface area contributed by atoms with Crippen molar-refractivity contribution >= 4 is 22.5 Å². The van der Waals surface area contributed by atoms with Crippen LogP contribution in [0, 0.1) is 11.8 Å². The van der Waals surface area contributed by atoms with Crippen LogP contribution in [0.3, 0.4) is 0 Å². The first kappa shape index (κ1) is 21.4. The summed E-state index contributed by atoms with van der Waals surface area (Å²) in [5.41, 5.74) is 0.976. The van der Waals surface area contributed by atoms with Gasteiger partial charge in [0.25, 0.3) is 0 Å². The Bertz CT molecular complexity index is 1000. The minimum atomic E-state index is -4.52. The Kier molecular flexibility index (Phi) is 6.37. The molecule has 3 rings (SSSR count). The van der Waals surface area contributed by atoms with Crippen molar-refractivity contribution in [1.82, 2.24) is 4.98 Å². The number of benzene rings is 2. The zero-order valence-electron chi connectivity index (χ0n) is 16.6. The smallest absolute Gasteiger partial charge is 0.419 e. The lowest BCUT2D eigenvalue weighted by Crippen LogP contribution is -2.14. The van der Waals surface area contributed by atoms with Crippen molar-refractivity contribution < 1.29 is 17.9 Å². The highest BCUT2D eigenvalue weighted by molar-refractivity contribution is 6.31. The largest absolute Gasteiger partial charge is 0.493 e. The molecule has 0 amide bonds. The number of nitrogens with zero attached hydrogens (tertiary/aromatic N) is 1. The van der Waals surface area contributed by atoms with Gasteiger partial charge in [-0.05, 0) is 59.7 Å². The third-order valence-electron chi connectivity index (χ3n) is 4.70. The van der Waals surface area contributed by atoms with E-state index in [2.05, 4.69) is 18.8 Å². The van der Waals surface area contributed by atoms with Gasteiger partial charge in [0.15, 0.2) is 0 Å². The molecule has 1 atom stereocenters. The lowest BCUT2D eigenvalue weighted by Gasteiger charge is -2.19. The van der Waals surface area contributed by atoms with Crippen LogP contribution in [0.15, 0.2) is 48.7 Å². The molecule has 6 heteroatoms. The zero-order chi connectivity index (χ0) is 21.2. The second kappa shape index (κ2) is 8.62. The first-order chi connectivity index (χ1) is 13.6. The Hall–Kier alpha value is -2.27. The van der Waals surface area contributed by atoms with E-state index in [0.29, 0.717) is 27.6 Å². The lowest BCUT2D eigenvalue weighted by molar-refractivity contribution is -0.139. The molecule has 0 N–H and O–H groups in total. The Balaban J connectivity index is 1.99. The molecule has 2 nitrogen and oxygen atoms in total. The Morgan fingerprint density at radius 2 is 1.79 bits per heavy atom. The summed E-state index contributed by atoms with van der Waals surface area (Å²) in [4.78, 5) is 4.26. The predicted octanol–water partition coefficient (Wildman–Crippen LogP) is 7.64. The Labute approximate surface area is 173 Å². The molecule has 0 saturated carbocycles. The quantitative estimate of drug-likeness (QED) is 0.408. The second-order valence-electron chi connectivity index (χ2n) is 7.77. The summed E-state index contributed by atoms with van der Waals surface area (Å²) in [6.45, 7) is 6.39. The molecule has 0 aliphatic rings. The summed E-state index contributed by atoms with van der Waals surface area (Å²) in [5, 5.41) is 1.27. The Morgan fingerprint density at radius 3 is 2.48 bits per heavy atom. The van der Waals surface area contributed by atoms with Gasteiger partial charge in [0.05, 0.1) is 17.7 Å². The highest BCUT2D eigenvalue weighted by atomic mass is 35.5. The van der Waals surface area contributed by atoms with Crippen LogP contribution in [-0.2, 0) is 6.18 Å². The van der Waals surface area contributed by atoms with E-state index in [4.69, 9.17) is 16.3 Å². The maximum absolute atomic E-state index is 13.7. The first-order valence-electron chi connectivity index (χ1n) is 9.54. The molecular weight excluding hydrogens is 399 g/mol. The fraction of sp³-hybridized carbons (Fsp3) is 0.348. The zero-order valence-corrected chi connectivity index (χ0v) is 17.3. The van der Waals surface area contributed by atoms with Crippen LogP contribution < -0.4 is 4.74 Å². The molecule has 0 unspecified atom stereocenters. The van der Waals surface area contributed by atoms with E-state index in [1.807, 2.05) is 6.92 Å². The van der Waals surface area contributed by atoms with Crippen LogP contribution in [0.25, 0.3) is 22.0 Å². The van der Waals surface area contributed by atoms with Crippen molar-refractivity contribution in [3.05, 3.63) is 59.2 Å². The summed E-state index contributed by atoms with van der Waals surface area (Å²) in [7, 11) is 0. The van der Waals surface area contributed by atoms with Crippen LogP contribution >= 0.6 is 11.6 Å². The van der Waals surface area contributed by atoms with E-state index < -0.39 is 11.7 Å². The molecule has 3 aromatic rings. The van der Waals surface area contributed by atoms with Crippen LogP contribution in [0.4, 0.5) is 13.2 Å². The number of halogens is 4. The number of ether oxygens (including phenoxy) is 1. The van der Waals surface area contributed by atoms with E-state index >= 15 is 0 Å². The molecule has 0 bridgehead atoms. The second-order valence-corrected chi connectivity index (χ2v) is 8.21. The summed E-state index contributed by atoms with van der Waals surface area (Å²) in [6, 6.07) is 11.1. The lowest BCUT2D eigenvalue weighted by atomic mass is 9.98. The molecule has 29 heavy (non-hydrogen) atoms. The summed E-state index contributed by atoms with van der Waals surface area (Å²) < 4.78 is 46.8. The van der Waals surface area contributed by atoms with E-state index in [1.165, 1.54) is 6.07 Å². The van der Waals surface area contributed by atoms with Gasteiger partial charge in [0, 0.05) is 16.6 Å². The third kappa shape index (κ3) is 5.21. The Morgan fingerprint density at radius 1 is 1.03 bits per heavy atom. The summed E-state index contributed by atoms with van der Waals surface area (Å²) in [6.07, 6.45) is -2.05. The van der Waals surface area contributed by atoms with Crippen molar-refractivity contribution in [2.24, 2.45) is 11.8 Å². The third-order valence-corrected chi connectivity index (χ3v) is 4.93. The van der Waals surface area contributed by atoms with Crippen molar-refractivity contribution in [2.75, 3.05) is 6.61 Å². The SMILES string of the molecule is CC(C)C[C@H](C)COc1ccc(-c2ccnc3cc(Cl)ccc23)cc1C(F)(F)F. The summed E-state index contributed by atoms with van der Waals surface area (Å²) in [5.74, 6) is 0.495. The number of alkyl halides is 3. The van der Waals surface area contributed by atoms with E-state index in [9.17, 15) is 13.2 Å². The number of aromatic nitrogens is 1. The molecule has 1 aromatic heterocycles. The van der Waals surface area contributed by atoms with Gasteiger partial charge in [0.1, 0.15) is 5.75 Å². The van der Waals surface area contributed by atoms with E-state index in [1.54, 1.807) is 36.5 Å². The minimum absolute atomic E-state index is 0.140. The standard InChI is InChI=1S/C23H23ClF3NO/c1-14(2)10-15(3)13-29-22-7-4-16(11-20(22)23(25,26)27)18-8-9-28-21-12-17(24)5-6-19(18)21/h4-9,11-12,14-15H,10,13H2,1-3H3/t15-/m0/s1. The van der Waals surface area contributed by atoms with Gasteiger partial charge in [-0.1, -0.05) is 44.5 Å². The normalized spacial score (nSPS) is 13.1. The number of fused-ring (bicyclic) bond motifs is 1. The fourth-order valence-electron chi connectivity index (χ4n) is 3.52. The van der Waals surface area contributed by atoms with Gasteiger partial charge in [0.2, 0.25) is 0 Å². The molecule has 0 fully saturated rings. The van der Waals surface area contributed by atoms with Crippen LogP contribution in [-0.4, -0.2) is 11.6 Å². The molecule has 0 saturated heterocycles. The summed E-state index contributed by atoms with van der Waals surface area (Å²) >= 11 is 6.01. The van der Waals surface area contributed by atoms with Crippen molar-refractivity contribution in [1.29, 1.82) is 0 Å². The molecule has 2 aromatic carbocycles. The van der Waals surface area contributed by atoms with Gasteiger partial charge in [-0.2, -0.15) is 13.2 Å². The highest BCUT2D eigenvalue weighted by Gasteiger charge is 2.35. The topological polar surface area (TPSA) is 22.1 Å². The maximum Gasteiger partial charge on any atom is 0.419 e. The molecule has 0 spiro atoms. The monoisotopic (exact) mass is 421 g/mol. The van der Waals surface area contributed by atoms with E-state index in [0.717, 1.165) is 17.9 Å². The first-order valence-corrected chi connectivity index (χ1v) is 9.91. The molecular formula is C23H23ClF3NO. The van der Waals surface area contributed by atoms with Crippen molar-refractivity contribution in [3.8, 4) is 16.9 Å². The number of hydrogen-bond donors (Lipinski definition) is 0. The van der Waals surface area contributed by atoms with Crippen LogP contribution in [0.5, 0.6) is 5.75 Å². The molecule has 1 heterocycles. The van der Waals surface area contributed by atoms with Gasteiger partial charge in [-0.25, -0.2) is 0 Å². The van der Waals surface area contributed by atoms with Crippen LogP contribution in [0.1, 0.15) is 32.8 Å². The average Bonchev–Trinajstić information content (AvgIpc) is 2.64. The van der Waals surface area contributed by atoms with Gasteiger partial charge in [-0.3, -0.25) is 4.98 Å². The number of rotatable bonds is 6. The molecule has 0 radical (unpaired) electrons. The van der Waals surface area contributed by atoms with E-state index in [-0.39, 0.29) is 18.3 Å². The molecule has 0 aliphatic heterocycles. The predicted molar refractivity (Wildman–Crippen MR) is 111 cm³/mol. The maximum atomic E-state index is 13.7. The molecule has 154 valence electrons. The minimum Gasteiger partial charge on any atom is -0.493 e. The van der Waals surface area contributed by atoms with Gasteiger partial charge < -0.3 is 4.74 Å². The average molecular weight is 422 g/mol. The molecule has 0 aliphatic carbocycles. The van der Waals surface area contributed by atoms with Gasteiger partial charge in [-0.15, -0.1) is 0 Å². The number of pyridine rings is 1. The fourth-order valence-corrected chi connectivity index (χ4v) is 3.69. The van der Waals surface area contributed by atoms with Crippen LogP contribution in [0.2, 0.25) is 5.02 Å². The highest BCUT2D eigenvalue weighted by Crippen LogP contribution is 2.40. The number of hydrogen-bond acceptors (Lipinski definition) is 2.